The maximum absolute atomic E-state index is 5.57. The Hall–Kier alpha value is 0.527. The SMILES string of the molecule is CCSC(C)OCCC[SiH2]C. The summed E-state index contributed by atoms with van der Waals surface area (Å²) in [6.45, 7) is 7.63. The van der Waals surface area contributed by atoms with E-state index in [0.717, 1.165) is 12.4 Å². The van der Waals surface area contributed by atoms with Gasteiger partial charge in [-0.15, -0.1) is 11.8 Å². The molecule has 0 N–H and O–H groups in total. The number of thioether (sulfide) groups is 1. The maximum atomic E-state index is 5.57. The minimum atomic E-state index is 0.271. The molecule has 3 heteroatoms. The number of hydrogen-bond acceptors (Lipinski definition) is 2. The van der Waals surface area contributed by atoms with Crippen LogP contribution in [0.15, 0.2) is 0 Å². The molecule has 0 spiro atoms. The lowest BCUT2D eigenvalue weighted by Gasteiger charge is -2.10. The Morgan fingerprint density at radius 2 is 2.27 bits per heavy atom. The fourth-order valence-corrected chi connectivity index (χ4v) is 2.25. The van der Waals surface area contributed by atoms with Crippen LogP contribution in [0.25, 0.3) is 0 Å². The highest BCUT2D eigenvalue weighted by Gasteiger charge is 1.98. The Balaban J connectivity index is 2.97. The zero-order chi connectivity index (χ0) is 8.53. The molecule has 0 heterocycles. The van der Waals surface area contributed by atoms with E-state index in [4.69, 9.17) is 4.74 Å². The van der Waals surface area contributed by atoms with Crippen LogP contribution in [0, 0.1) is 0 Å². The van der Waals surface area contributed by atoms with Gasteiger partial charge in [-0.3, -0.25) is 0 Å². The first-order valence-electron chi connectivity index (χ1n) is 4.54. The highest BCUT2D eigenvalue weighted by molar-refractivity contribution is 7.99. The first-order valence-corrected chi connectivity index (χ1v) is 8.00. The number of ether oxygens (including phenoxy) is 1. The molecule has 0 aliphatic heterocycles. The van der Waals surface area contributed by atoms with Gasteiger partial charge in [0.2, 0.25) is 0 Å². The van der Waals surface area contributed by atoms with Crippen LogP contribution in [0.2, 0.25) is 12.6 Å². The van der Waals surface area contributed by atoms with Crippen LogP contribution >= 0.6 is 11.8 Å². The smallest absolute Gasteiger partial charge is 0.0999 e. The molecule has 0 aromatic carbocycles. The molecule has 0 radical (unpaired) electrons. The van der Waals surface area contributed by atoms with Crippen LogP contribution in [0.1, 0.15) is 20.3 Å². The van der Waals surface area contributed by atoms with E-state index >= 15 is 0 Å². The van der Waals surface area contributed by atoms with Crippen LogP contribution in [0.5, 0.6) is 0 Å². The summed E-state index contributed by atoms with van der Waals surface area (Å²) in [5.74, 6) is 1.16. The quantitative estimate of drug-likeness (QED) is 0.347. The molecule has 0 aromatic heterocycles. The highest BCUT2D eigenvalue weighted by Crippen LogP contribution is 2.10. The van der Waals surface area contributed by atoms with E-state index in [2.05, 4.69) is 20.4 Å². The van der Waals surface area contributed by atoms with E-state index < -0.39 is 0 Å². The molecule has 0 saturated carbocycles. The molecular formula is C8H20OSSi. The second kappa shape index (κ2) is 8.62. The van der Waals surface area contributed by atoms with Gasteiger partial charge in [0.05, 0.1) is 5.44 Å². The van der Waals surface area contributed by atoms with Crippen molar-refractivity contribution in [2.45, 2.75) is 38.3 Å². The van der Waals surface area contributed by atoms with Crippen LogP contribution < -0.4 is 0 Å². The Labute approximate surface area is 77.1 Å². The summed E-state index contributed by atoms with van der Waals surface area (Å²) in [5.41, 5.74) is 0.401. The van der Waals surface area contributed by atoms with Crippen molar-refractivity contribution in [2.75, 3.05) is 12.4 Å². The van der Waals surface area contributed by atoms with Gasteiger partial charge in [-0.2, -0.15) is 0 Å². The molecule has 0 aliphatic carbocycles. The zero-order valence-electron chi connectivity index (χ0n) is 7.93. The van der Waals surface area contributed by atoms with Gasteiger partial charge in [0.1, 0.15) is 0 Å². The van der Waals surface area contributed by atoms with E-state index in [-0.39, 0.29) is 9.52 Å². The molecule has 1 unspecified atom stereocenters. The summed E-state index contributed by atoms with van der Waals surface area (Å²) < 4.78 is 5.57. The normalized spacial score (nSPS) is 14.5. The van der Waals surface area contributed by atoms with Crippen LogP contribution in [0.3, 0.4) is 0 Å². The molecule has 0 amide bonds. The van der Waals surface area contributed by atoms with Gasteiger partial charge >= 0.3 is 0 Å². The molecule has 0 bridgehead atoms. The molecule has 0 saturated heterocycles. The van der Waals surface area contributed by atoms with Crippen molar-refractivity contribution in [3.63, 3.8) is 0 Å². The summed E-state index contributed by atoms with van der Waals surface area (Å²) in [4.78, 5) is 0. The summed E-state index contributed by atoms with van der Waals surface area (Å²) in [7, 11) is 0.271. The first kappa shape index (κ1) is 11.5. The summed E-state index contributed by atoms with van der Waals surface area (Å²) >= 11 is 1.88. The van der Waals surface area contributed by atoms with Gasteiger partial charge < -0.3 is 4.74 Å². The van der Waals surface area contributed by atoms with Crippen LogP contribution in [-0.2, 0) is 4.74 Å². The predicted octanol–water partition coefficient (Wildman–Crippen LogP) is 2.13. The number of hydrogen-bond donors (Lipinski definition) is 0. The molecule has 0 aliphatic rings. The second-order valence-corrected chi connectivity index (χ2v) is 5.88. The van der Waals surface area contributed by atoms with Gasteiger partial charge in [-0.05, 0) is 19.1 Å². The third-order valence-corrected chi connectivity index (χ3v) is 3.65. The summed E-state index contributed by atoms with van der Waals surface area (Å²) in [6, 6.07) is 1.43. The standard InChI is InChI=1S/C8H20OSSi/c1-4-10-8(2)9-6-5-7-11-3/h8H,4-7,11H2,1-3H3. The maximum Gasteiger partial charge on any atom is 0.0999 e. The third kappa shape index (κ3) is 8.43. The largest absolute Gasteiger partial charge is 0.368 e. The Morgan fingerprint density at radius 3 is 2.82 bits per heavy atom. The lowest BCUT2D eigenvalue weighted by atomic mass is 10.5. The molecule has 0 rings (SSSR count). The van der Waals surface area contributed by atoms with Crippen LogP contribution in [-0.4, -0.2) is 27.3 Å². The van der Waals surface area contributed by atoms with Crippen LogP contribution in [0.4, 0.5) is 0 Å². The monoisotopic (exact) mass is 192 g/mol. The predicted molar refractivity (Wildman–Crippen MR) is 57.4 cm³/mol. The van der Waals surface area contributed by atoms with E-state index in [9.17, 15) is 0 Å². The van der Waals surface area contributed by atoms with E-state index in [1.807, 2.05) is 11.8 Å². The van der Waals surface area contributed by atoms with Crippen molar-refractivity contribution in [3.05, 3.63) is 0 Å². The van der Waals surface area contributed by atoms with Gasteiger partial charge in [0.25, 0.3) is 0 Å². The van der Waals surface area contributed by atoms with Crippen molar-refractivity contribution in [1.82, 2.24) is 0 Å². The number of rotatable bonds is 7. The van der Waals surface area contributed by atoms with E-state index in [1.165, 1.54) is 12.5 Å². The highest BCUT2D eigenvalue weighted by atomic mass is 32.2. The van der Waals surface area contributed by atoms with E-state index in [0.29, 0.717) is 5.44 Å². The Bertz CT molecular complexity index is 80.5. The molecule has 1 atom stereocenters. The van der Waals surface area contributed by atoms with Crippen molar-refractivity contribution < 1.29 is 4.74 Å². The fourth-order valence-electron chi connectivity index (χ4n) is 0.884. The molecular weight excluding hydrogens is 172 g/mol. The van der Waals surface area contributed by atoms with Gasteiger partial charge in [-0.25, -0.2) is 0 Å². The van der Waals surface area contributed by atoms with Crippen molar-refractivity contribution in [1.29, 1.82) is 0 Å². The topological polar surface area (TPSA) is 9.23 Å². The van der Waals surface area contributed by atoms with Gasteiger partial charge in [-0.1, -0.05) is 19.5 Å². The van der Waals surface area contributed by atoms with Gasteiger partial charge in [0, 0.05) is 16.1 Å². The molecule has 68 valence electrons. The average Bonchev–Trinajstić information content (AvgIpc) is 1.99. The lowest BCUT2D eigenvalue weighted by molar-refractivity contribution is 0.125. The zero-order valence-corrected chi connectivity index (χ0v) is 10.2. The fraction of sp³-hybridized carbons (Fsp3) is 1.00. The Kier molecular flexibility index (Phi) is 9.03. The third-order valence-electron chi connectivity index (χ3n) is 1.50. The van der Waals surface area contributed by atoms with E-state index in [1.54, 1.807) is 0 Å². The molecule has 0 aromatic rings. The summed E-state index contributed by atoms with van der Waals surface area (Å²) in [5, 5.41) is 0. The van der Waals surface area contributed by atoms with Gasteiger partial charge in [0.15, 0.2) is 0 Å². The lowest BCUT2D eigenvalue weighted by Crippen LogP contribution is -2.05. The second-order valence-electron chi connectivity index (χ2n) is 2.60. The Morgan fingerprint density at radius 1 is 1.55 bits per heavy atom. The molecule has 1 nitrogen and oxygen atoms in total. The van der Waals surface area contributed by atoms with Crippen molar-refractivity contribution in [2.24, 2.45) is 0 Å². The molecule has 11 heavy (non-hydrogen) atoms. The average molecular weight is 192 g/mol. The van der Waals surface area contributed by atoms with Crippen molar-refractivity contribution >= 4 is 21.3 Å². The minimum absolute atomic E-state index is 0.271. The molecule has 0 fully saturated rings. The van der Waals surface area contributed by atoms with Crippen molar-refractivity contribution in [3.8, 4) is 0 Å². The minimum Gasteiger partial charge on any atom is -0.368 e. The first-order chi connectivity index (χ1) is 5.31. The summed E-state index contributed by atoms with van der Waals surface area (Å²) in [6.07, 6.45) is 1.28.